The van der Waals surface area contributed by atoms with Crippen LogP contribution in [0.15, 0.2) is 52.9 Å². The molecule has 0 bridgehead atoms. The number of rotatable bonds is 4. The maximum Gasteiger partial charge on any atom is 0.416 e. The number of ether oxygens (including phenoxy) is 1. The van der Waals surface area contributed by atoms with Crippen LogP contribution in [0.25, 0.3) is 11.5 Å². The molecule has 0 aliphatic heterocycles. The second-order valence-corrected chi connectivity index (χ2v) is 5.51. The van der Waals surface area contributed by atoms with Gasteiger partial charge < -0.3 is 9.15 Å². The summed E-state index contributed by atoms with van der Waals surface area (Å²) in [6, 6.07) is 9.59. The summed E-state index contributed by atoms with van der Waals surface area (Å²) in [7, 11) is 1.24. The molecule has 3 rings (SSSR count). The molecule has 0 spiro atoms. The number of aromatic nitrogens is 2. The predicted octanol–water partition coefficient (Wildman–Crippen LogP) is 3.79. The zero-order valence-electron chi connectivity index (χ0n) is 14.3. The molecule has 1 N–H and O–H groups in total. The van der Waals surface area contributed by atoms with Crippen molar-refractivity contribution in [3.63, 3.8) is 0 Å². The number of anilines is 1. The van der Waals surface area contributed by atoms with Crippen LogP contribution in [-0.4, -0.2) is 29.2 Å². The van der Waals surface area contributed by atoms with Crippen LogP contribution >= 0.6 is 0 Å². The van der Waals surface area contributed by atoms with Gasteiger partial charge in [-0.25, -0.2) is 4.79 Å². The van der Waals surface area contributed by atoms with Crippen LogP contribution in [-0.2, 0) is 10.9 Å². The third kappa shape index (κ3) is 4.17. The number of nitrogens with one attached hydrogen (secondary N) is 1. The Hall–Kier alpha value is -3.69. The van der Waals surface area contributed by atoms with Crippen LogP contribution in [0.3, 0.4) is 0 Å². The van der Waals surface area contributed by atoms with Gasteiger partial charge in [-0.15, -0.1) is 5.10 Å². The molecular weight excluding hydrogens is 379 g/mol. The minimum atomic E-state index is -4.45. The van der Waals surface area contributed by atoms with Crippen molar-refractivity contribution in [2.45, 2.75) is 6.18 Å². The minimum Gasteiger partial charge on any atom is -0.465 e. The van der Waals surface area contributed by atoms with E-state index in [9.17, 15) is 22.8 Å². The Morgan fingerprint density at radius 1 is 0.964 bits per heavy atom. The summed E-state index contributed by atoms with van der Waals surface area (Å²) < 4.78 is 47.6. The lowest BCUT2D eigenvalue weighted by atomic mass is 10.1. The molecule has 1 amide bonds. The number of amides is 1. The predicted molar refractivity (Wildman–Crippen MR) is 90.5 cm³/mol. The van der Waals surface area contributed by atoms with Gasteiger partial charge in [0.25, 0.3) is 5.91 Å². The van der Waals surface area contributed by atoms with Crippen molar-refractivity contribution in [1.29, 1.82) is 0 Å². The number of methoxy groups -OCH3 is 1. The van der Waals surface area contributed by atoms with Crippen molar-refractivity contribution in [3.05, 3.63) is 65.2 Å². The Kier molecular flexibility index (Phi) is 5.12. The van der Waals surface area contributed by atoms with E-state index in [0.29, 0.717) is 0 Å². The third-order valence-electron chi connectivity index (χ3n) is 3.67. The summed E-state index contributed by atoms with van der Waals surface area (Å²) in [6.07, 6.45) is -4.45. The second kappa shape index (κ2) is 7.51. The van der Waals surface area contributed by atoms with Crippen LogP contribution in [0.2, 0.25) is 0 Å². The monoisotopic (exact) mass is 391 g/mol. The molecule has 0 aliphatic carbocycles. The molecular formula is C18H12F3N3O4. The molecule has 0 saturated heterocycles. The average molecular weight is 391 g/mol. The number of carbonyl (C=O) groups is 2. The summed E-state index contributed by atoms with van der Waals surface area (Å²) in [6.45, 7) is 0. The van der Waals surface area contributed by atoms with Gasteiger partial charge in [0.1, 0.15) is 0 Å². The molecule has 0 atom stereocenters. The Bertz CT molecular complexity index is 996. The molecule has 0 radical (unpaired) electrons. The van der Waals surface area contributed by atoms with Gasteiger partial charge in [0.2, 0.25) is 5.89 Å². The molecule has 144 valence electrons. The van der Waals surface area contributed by atoms with Crippen molar-refractivity contribution in [2.24, 2.45) is 0 Å². The van der Waals surface area contributed by atoms with Gasteiger partial charge in [-0.1, -0.05) is 5.10 Å². The highest BCUT2D eigenvalue weighted by Gasteiger charge is 2.30. The number of hydrogen-bond donors (Lipinski definition) is 1. The van der Waals surface area contributed by atoms with Gasteiger partial charge in [0.15, 0.2) is 0 Å². The van der Waals surface area contributed by atoms with Crippen LogP contribution in [0.4, 0.5) is 19.2 Å². The summed E-state index contributed by atoms with van der Waals surface area (Å²) in [5.74, 6) is -1.16. The van der Waals surface area contributed by atoms with Crippen LogP contribution in [0.1, 0.15) is 26.3 Å². The molecule has 0 saturated carbocycles. The Labute approximate surface area is 156 Å². The first-order valence-corrected chi connectivity index (χ1v) is 7.79. The summed E-state index contributed by atoms with van der Waals surface area (Å²) in [5.41, 5.74) is -0.0357. The number of halogens is 3. The third-order valence-corrected chi connectivity index (χ3v) is 3.67. The van der Waals surface area contributed by atoms with Crippen molar-refractivity contribution >= 4 is 17.9 Å². The van der Waals surface area contributed by atoms with E-state index in [-0.39, 0.29) is 28.6 Å². The molecule has 7 nitrogen and oxygen atoms in total. The smallest absolute Gasteiger partial charge is 0.416 e. The summed E-state index contributed by atoms with van der Waals surface area (Å²) in [4.78, 5) is 23.6. The van der Waals surface area contributed by atoms with E-state index in [4.69, 9.17) is 4.42 Å². The van der Waals surface area contributed by atoms with Gasteiger partial charge >= 0.3 is 18.2 Å². The fourth-order valence-electron chi connectivity index (χ4n) is 2.24. The quantitative estimate of drug-likeness (QED) is 0.680. The Morgan fingerprint density at radius 2 is 1.57 bits per heavy atom. The number of hydrogen-bond acceptors (Lipinski definition) is 6. The topological polar surface area (TPSA) is 94.3 Å². The van der Waals surface area contributed by atoms with Gasteiger partial charge in [0.05, 0.1) is 18.2 Å². The maximum atomic E-state index is 12.6. The first-order valence-electron chi connectivity index (χ1n) is 7.79. The highest BCUT2D eigenvalue weighted by atomic mass is 19.4. The Morgan fingerprint density at radius 3 is 2.14 bits per heavy atom. The standard InChI is InChI=1S/C18H12F3N3O4/c1-27-16(26)12-4-2-10(3-5-12)14(25)22-17-24-23-15(28-17)11-6-8-13(9-7-11)18(19,20)21/h2-9H,1H3,(H,22,24,25). The van der Waals surface area contributed by atoms with E-state index in [1.165, 1.54) is 43.5 Å². The lowest BCUT2D eigenvalue weighted by molar-refractivity contribution is -0.137. The second-order valence-electron chi connectivity index (χ2n) is 5.51. The highest BCUT2D eigenvalue weighted by molar-refractivity contribution is 6.03. The van der Waals surface area contributed by atoms with Gasteiger partial charge in [-0.2, -0.15) is 13.2 Å². The molecule has 0 aliphatic rings. The van der Waals surface area contributed by atoms with E-state index < -0.39 is 23.6 Å². The number of nitrogens with zero attached hydrogens (tertiary/aromatic N) is 2. The molecule has 28 heavy (non-hydrogen) atoms. The van der Waals surface area contributed by atoms with Crippen molar-refractivity contribution in [3.8, 4) is 11.5 Å². The number of alkyl halides is 3. The van der Waals surface area contributed by atoms with E-state index in [1.54, 1.807) is 0 Å². The zero-order chi connectivity index (χ0) is 20.3. The molecule has 1 aromatic heterocycles. The SMILES string of the molecule is COC(=O)c1ccc(C(=O)Nc2nnc(-c3ccc(C(F)(F)F)cc3)o2)cc1. The molecule has 10 heteroatoms. The van der Waals surface area contributed by atoms with Gasteiger partial charge in [-0.05, 0) is 48.5 Å². The van der Waals surface area contributed by atoms with Crippen molar-refractivity contribution < 1.29 is 31.9 Å². The Balaban J connectivity index is 1.70. The van der Waals surface area contributed by atoms with Crippen LogP contribution < -0.4 is 5.32 Å². The highest BCUT2D eigenvalue weighted by Crippen LogP contribution is 2.30. The van der Waals surface area contributed by atoms with Gasteiger partial charge in [0, 0.05) is 11.1 Å². The molecule has 0 fully saturated rings. The zero-order valence-corrected chi connectivity index (χ0v) is 14.3. The van der Waals surface area contributed by atoms with E-state index in [1.807, 2.05) is 0 Å². The normalized spacial score (nSPS) is 11.1. The number of esters is 1. The largest absolute Gasteiger partial charge is 0.465 e. The fourth-order valence-corrected chi connectivity index (χ4v) is 2.24. The molecule has 3 aromatic rings. The lowest BCUT2D eigenvalue weighted by Crippen LogP contribution is -2.12. The first kappa shape index (κ1) is 19.1. The van der Waals surface area contributed by atoms with E-state index in [0.717, 1.165) is 12.1 Å². The van der Waals surface area contributed by atoms with Crippen molar-refractivity contribution in [2.75, 3.05) is 12.4 Å². The molecule has 0 unspecified atom stereocenters. The molecule has 2 aromatic carbocycles. The maximum absolute atomic E-state index is 12.6. The van der Waals surface area contributed by atoms with Crippen molar-refractivity contribution in [1.82, 2.24) is 10.2 Å². The summed E-state index contributed by atoms with van der Waals surface area (Å²) >= 11 is 0. The lowest BCUT2D eigenvalue weighted by Gasteiger charge is -2.05. The van der Waals surface area contributed by atoms with E-state index in [2.05, 4.69) is 20.3 Å². The average Bonchev–Trinajstić information content (AvgIpc) is 3.15. The number of benzene rings is 2. The van der Waals surface area contributed by atoms with Gasteiger partial charge in [-0.3, -0.25) is 10.1 Å². The summed E-state index contributed by atoms with van der Waals surface area (Å²) in [5, 5.41) is 9.71. The first-order chi connectivity index (χ1) is 13.3. The van der Waals surface area contributed by atoms with Crippen LogP contribution in [0, 0.1) is 0 Å². The molecule has 1 heterocycles. The van der Waals surface area contributed by atoms with E-state index >= 15 is 0 Å². The minimum absolute atomic E-state index is 0.0509. The fraction of sp³-hybridized carbons (Fsp3) is 0.111. The van der Waals surface area contributed by atoms with Crippen LogP contribution in [0.5, 0.6) is 0 Å². The number of carbonyl (C=O) groups excluding carboxylic acids is 2.